The van der Waals surface area contributed by atoms with Gasteiger partial charge in [0, 0.05) is 0 Å². The number of carboxylic acid groups (broad SMARTS) is 1. The molecule has 2 fully saturated rings. The predicted molar refractivity (Wildman–Crippen MR) is 62.0 cm³/mol. The van der Waals surface area contributed by atoms with Crippen molar-refractivity contribution >= 4 is 17.7 Å². The van der Waals surface area contributed by atoms with Crippen molar-refractivity contribution in [3.63, 3.8) is 0 Å². The molecule has 1 saturated carbocycles. The number of hydrogen-bond donors (Lipinski definition) is 2. The van der Waals surface area contributed by atoms with Crippen molar-refractivity contribution in [3.05, 3.63) is 0 Å². The highest BCUT2D eigenvalue weighted by atomic mass is 32.2. The van der Waals surface area contributed by atoms with Crippen LogP contribution in [-0.2, 0) is 4.79 Å². The minimum Gasteiger partial charge on any atom is -0.480 e. The van der Waals surface area contributed by atoms with Crippen LogP contribution in [-0.4, -0.2) is 27.7 Å². The highest BCUT2D eigenvalue weighted by Crippen LogP contribution is 2.42. The average Bonchev–Trinajstić information content (AvgIpc) is 2.23. The van der Waals surface area contributed by atoms with E-state index in [1.165, 1.54) is 12.8 Å². The Hall–Kier alpha value is -0.220. The maximum Gasteiger partial charge on any atom is 0.320 e. The molecule has 2 aliphatic rings. The first kappa shape index (κ1) is 11.3. The number of thioether (sulfide) groups is 1. The summed E-state index contributed by atoms with van der Waals surface area (Å²) in [5.41, 5.74) is 0. The monoisotopic (exact) mass is 229 g/mol. The lowest BCUT2D eigenvalue weighted by atomic mass is 9.86. The van der Waals surface area contributed by atoms with Crippen molar-refractivity contribution in [1.29, 1.82) is 0 Å². The zero-order chi connectivity index (χ0) is 10.9. The standard InChI is InChI=1S/C11H19NO2S/c1-8-2-5-11(6-3-8)12-9(10(13)14)4-7-15-11/h8-9,12H,2-7H2,1H3,(H,13,14). The van der Waals surface area contributed by atoms with Gasteiger partial charge in [-0.15, -0.1) is 11.8 Å². The third kappa shape index (κ3) is 2.48. The van der Waals surface area contributed by atoms with Gasteiger partial charge in [0.2, 0.25) is 0 Å². The van der Waals surface area contributed by atoms with Crippen molar-refractivity contribution < 1.29 is 9.90 Å². The lowest BCUT2D eigenvalue weighted by Crippen LogP contribution is -2.55. The SMILES string of the molecule is CC1CCC2(CC1)NC(C(=O)O)CCS2. The van der Waals surface area contributed by atoms with E-state index in [2.05, 4.69) is 12.2 Å². The van der Waals surface area contributed by atoms with Crippen molar-refractivity contribution in [2.45, 2.75) is 49.9 Å². The van der Waals surface area contributed by atoms with Crippen LogP contribution in [0.25, 0.3) is 0 Å². The molecule has 1 spiro atoms. The number of carboxylic acids is 1. The van der Waals surface area contributed by atoms with Crippen LogP contribution in [0.2, 0.25) is 0 Å². The summed E-state index contributed by atoms with van der Waals surface area (Å²) < 4.78 is 0. The molecule has 4 heteroatoms. The molecule has 15 heavy (non-hydrogen) atoms. The first-order valence-electron chi connectivity index (χ1n) is 5.76. The Labute approximate surface area is 95.0 Å². The summed E-state index contributed by atoms with van der Waals surface area (Å²) in [6.07, 6.45) is 5.47. The summed E-state index contributed by atoms with van der Waals surface area (Å²) in [5, 5.41) is 12.4. The van der Waals surface area contributed by atoms with Gasteiger partial charge in [0.15, 0.2) is 0 Å². The molecule has 0 aromatic carbocycles. The van der Waals surface area contributed by atoms with Crippen LogP contribution in [0.3, 0.4) is 0 Å². The van der Waals surface area contributed by atoms with E-state index in [4.69, 9.17) is 5.11 Å². The highest BCUT2D eigenvalue weighted by molar-refractivity contribution is 8.00. The predicted octanol–water partition coefficient (Wildman–Crippen LogP) is 2.07. The smallest absolute Gasteiger partial charge is 0.320 e. The summed E-state index contributed by atoms with van der Waals surface area (Å²) in [6.45, 7) is 2.29. The van der Waals surface area contributed by atoms with E-state index in [1.807, 2.05) is 11.8 Å². The van der Waals surface area contributed by atoms with Gasteiger partial charge in [0.1, 0.15) is 6.04 Å². The second-order valence-electron chi connectivity index (χ2n) is 4.85. The van der Waals surface area contributed by atoms with E-state index in [9.17, 15) is 4.79 Å². The normalized spacial score (nSPS) is 41.7. The van der Waals surface area contributed by atoms with Gasteiger partial charge in [0.05, 0.1) is 4.87 Å². The Balaban J connectivity index is 1.99. The van der Waals surface area contributed by atoms with E-state index < -0.39 is 5.97 Å². The Morgan fingerprint density at radius 1 is 1.40 bits per heavy atom. The number of nitrogens with one attached hydrogen (secondary N) is 1. The molecule has 0 bridgehead atoms. The summed E-state index contributed by atoms with van der Waals surface area (Å²) in [4.78, 5) is 11.1. The van der Waals surface area contributed by atoms with E-state index in [0.29, 0.717) is 0 Å². The van der Waals surface area contributed by atoms with Crippen LogP contribution in [0.5, 0.6) is 0 Å². The second kappa shape index (κ2) is 4.34. The molecule has 1 atom stereocenters. The van der Waals surface area contributed by atoms with Gasteiger partial charge in [-0.3, -0.25) is 10.1 Å². The summed E-state index contributed by atoms with van der Waals surface area (Å²) in [6, 6.07) is -0.320. The average molecular weight is 229 g/mol. The van der Waals surface area contributed by atoms with Gasteiger partial charge in [-0.1, -0.05) is 6.92 Å². The van der Waals surface area contributed by atoms with Gasteiger partial charge in [-0.2, -0.15) is 0 Å². The maximum absolute atomic E-state index is 11.0. The van der Waals surface area contributed by atoms with Crippen LogP contribution >= 0.6 is 11.8 Å². The molecule has 0 aromatic rings. The van der Waals surface area contributed by atoms with Crippen LogP contribution in [0, 0.1) is 5.92 Å². The number of hydrogen-bond acceptors (Lipinski definition) is 3. The zero-order valence-electron chi connectivity index (χ0n) is 9.16. The van der Waals surface area contributed by atoms with E-state index >= 15 is 0 Å². The minimum atomic E-state index is -0.687. The van der Waals surface area contributed by atoms with Crippen molar-refractivity contribution in [3.8, 4) is 0 Å². The fraction of sp³-hybridized carbons (Fsp3) is 0.909. The molecular formula is C11H19NO2S. The molecule has 3 nitrogen and oxygen atoms in total. The van der Waals surface area contributed by atoms with E-state index in [1.54, 1.807) is 0 Å². The molecule has 1 aliphatic carbocycles. The number of rotatable bonds is 1. The quantitative estimate of drug-likeness (QED) is 0.722. The van der Waals surface area contributed by atoms with Crippen molar-refractivity contribution in [1.82, 2.24) is 5.32 Å². The number of carbonyl (C=O) groups is 1. The Morgan fingerprint density at radius 2 is 2.07 bits per heavy atom. The number of aliphatic carboxylic acids is 1. The largest absolute Gasteiger partial charge is 0.480 e. The topological polar surface area (TPSA) is 49.3 Å². The maximum atomic E-state index is 11.0. The molecule has 1 saturated heterocycles. The molecular weight excluding hydrogens is 210 g/mol. The zero-order valence-corrected chi connectivity index (χ0v) is 9.98. The van der Waals surface area contributed by atoms with Crippen LogP contribution in [0.1, 0.15) is 39.0 Å². The highest BCUT2D eigenvalue weighted by Gasteiger charge is 2.40. The molecule has 2 rings (SSSR count). The van der Waals surface area contributed by atoms with E-state index in [0.717, 1.165) is 30.9 Å². The molecule has 0 amide bonds. The van der Waals surface area contributed by atoms with Crippen LogP contribution in [0.4, 0.5) is 0 Å². The fourth-order valence-corrected chi connectivity index (χ4v) is 4.00. The van der Waals surface area contributed by atoms with Crippen LogP contribution < -0.4 is 5.32 Å². The molecule has 1 unspecified atom stereocenters. The molecule has 1 heterocycles. The van der Waals surface area contributed by atoms with Gasteiger partial charge in [-0.05, 0) is 43.8 Å². The first-order valence-corrected chi connectivity index (χ1v) is 6.74. The lowest BCUT2D eigenvalue weighted by Gasteiger charge is -2.44. The van der Waals surface area contributed by atoms with Crippen molar-refractivity contribution in [2.75, 3.05) is 5.75 Å². The third-order valence-electron chi connectivity index (χ3n) is 3.60. The van der Waals surface area contributed by atoms with Gasteiger partial charge >= 0.3 is 5.97 Å². The Bertz CT molecular complexity index is 249. The summed E-state index contributed by atoms with van der Waals surface area (Å²) in [5.74, 6) is 1.11. The van der Waals surface area contributed by atoms with Gasteiger partial charge in [0.25, 0.3) is 0 Å². The molecule has 2 N–H and O–H groups in total. The fourth-order valence-electron chi connectivity index (χ4n) is 2.51. The van der Waals surface area contributed by atoms with Gasteiger partial charge < -0.3 is 5.11 Å². The third-order valence-corrected chi connectivity index (χ3v) is 5.12. The molecule has 0 radical (unpaired) electrons. The molecule has 86 valence electrons. The molecule has 0 aromatic heterocycles. The van der Waals surface area contributed by atoms with Gasteiger partial charge in [-0.25, -0.2) is 0 Å². The van der Waals surface area contributed by atoms with Crippen molar-refractivity contribution in [2.24, 2.45) is 5.92 Å². The second-order valence-corrected chi connectivity index (χ2v) is 6.33. The Morgan fingerprint density at radius 3 is 2.67 bits per heavy atom. The minimum absolute atomic E-state index is 0.0772. The summed E-state index contributed by atoms with van der Waals surface area (Å²) >= 11 is 1.94. The lowest BCUT2D eigenvalue weighted by molar-refractivity contribution is -0.140. The van der Waals surface area contributed by atoms with Crippen LogP contribution in [0.15, 0.2) is 0 Å². The Kier molecular flexibility index (Phi) is 3.26. The van der Waals surface area contributed by atoms with E-state index in [-0.39, 0.29) is 10.9 Å². The molecule has 1 aliphatic heterocycles. The summed E-state index contributed by atoms with van der Waals surface area (Å²) in [7, 11) is 0. The first-order chi connectivity index (χ1) is 7.11.